The van der Waals surface area contributed by atoms with E-state index in [0.717, 1.165) is 60.8 Å². The van der Waals surface area contributed by atoms with Crippen LogP contribution in [-0.4, -0.2) is 42.0 Å². The lowest BCUT2D eigenvalue weighted by molar-refractivity contribution is -0.133. The van der Waals surface area contributed by atoms with E-state index >= 15 is 0 Å². The van der Waals surface area contributed by atoms with E-state index in [1.807, 2.05) is 23.1 Å². The van der Waals surface area contributed by atoms with E-state index in [0.29, 0.717) is 10.9 Å². The van der Waals surface area contributed by atoms with Gasteiger partial charge in [0, 0.05) is 26.2 Å². The Kier molecular flexibility index (Phi) is 3.70. The molecule has 0 spiro atoms. The summed E-state index contributed by atoms with van der Waals surface area (Å²) in [4.78, 5) is 21.5. The molecule has 3 heterocycles. The number of likely N-dealkylation sites (tertiary alicyclic amines) is 1. The molecule has 2 saturated heterocycles. The van der Waals surface area contributed by atoms with Gasteiger partial charge >= 0.3 is 0 Å². The van der Waals surface area contributed by atoms with E-state index < -0.39 is 0 Å². The Morgan fingerprint density at radius 3 is 2.86 bits per heavy atom. The van der Waals surface area contributed by atoms with Crippen molar-refractivity contribution in [3.05, 3.63) is 23.2 Å². The highest BCUT2D eigenvalue weighted by Crippen LogP contribution is 2.35. The molecule has 2 aromatic rings. The van der Waals surface area contributed by atoms with Gasteiger partial charge in [-0.2, -0.15) is 0 Å². The van der Waals surface area contributed by atoms with Gasteiger partial charge in [0.15, 0.2) is 5.13 Å². The maximum atomic E-state index is 12.5. The van der Waals surface area contributed by atoms with Crippen molar-refractivity contribution in [2.75, 3.05) is 31.1 Å². The molecule has 2 aliphatic heterocycles. The van der Waals surface area contributed by atoms with E-state index in [9.17, 15) is 4.79 Å². The Balaban J connectivity index is 1.51. The minimum absolute atomic E-state index is 0.126. The molecule has 1 amide bonds. The van der Waals surface area contributed by atoms with Crippen molar-refractivity contribution in [1.82, 2.24) is 9.88 Å². The van der Waals surface area contributed by atoms with Crippen LogP contribution in [0.2, 0.25) is 5.02 Å². The minimum Gasteiger partial charge on any atom is -0.347 e. The van der Waals surface area contributed by atoms with Crippen molar-refractivity contribution in [2.24, 2.45) is 5.92 Å². The predicted molar refractivity (Wildman–Crippen MR) is 90.8 cm³/mol. The van der Waals surface area contributed by atoms with Crippen LogP contribution < -0.4 is 4.90 Å². The number of hydrogen-bond donors (Lipinski definition) is 0. The number of halogens is 1. The van der Waals surface area contributed by atoms with Crippen LogP contribution in [0.5, 0.6) is 0 Å². The van der Waals surface area contributed by atoms with Crippen LogP contribution in [0.4, 0.5) is 5.13 Å². The molecule has 0 saturated carbocycles. The van der Waals surface area contributed by atoms with E-state index in [-0.39, 0.29) is 5.92 Å². The van der Waals surface area contributed by atoms with Gasteiger partial charge in [0.2, 0.25) is 5.91 Å². The first-order valence-corrected chi connectivity index (χ1v) is 9.00. The molecule has 0 bridgehead atoms. The molecule has 1 aromatic carbocycles. The summed E-state index contributed by atoms with van der Waals surface area (Å²) in [6.07, 6.45) is 3.23. The van der Waals surface area contributed by atoms with Crippen molar-refractivity contribution < 1.29 is 4.79 Å². The standard InChI is InChI=1S/C16H18ClN3OS/c17-12-4-3-5-13-14(12)18-16(22-13)20-9-6-11(10-20)15(21)19-7-1-2-8-19/h3-5,11H,1-2,6-10H2. The van der Waals surface area contributed by atoms with Crippen LogP contribution >= 0.6 is 22.9 Å². The van der Waals surface area contributed by atoms with Crippen molar-refractivity contribution in [1.29, 1.82) is 0 Å². The molecule has 1 atom stereocenters. The smallest absolute Gasteiger partial charge is 0.227 e. The Morgan fingerprint density at radius 2 is 2.09 bits per heavy atom. The van der Waals surface area contributed by atoms with E-state index in [1.165, 1.54) is 0 Å². The third-order valence-corrected chi connectivity index (χ3v) is 5.97. The number of para-hydroxylation sites is 1. The number of fused-ring (bicyclic) bond motifs is 1. The van der Waals surface area contributed by atoms with Crippen LogP contribution in [-0.2, 0) is 4.79 Å². The molecule has 6 heteroatoms. The first kappa shape index (κ1) is 14.3. The lowest BCUT2D eigenvalue weighted by Gasteiger charge is -2.20. The average molecular weight is 336 g/mol. The summed E-state index contributed by atoms with van der Waals surface area (Å²) in [6.45, 7) is 3.56. The number of thiazole rings is 1. The first-order chi connectivity index (χ1) is 10.7. The summed E-state index contributed by atoms with van der Waals surface area (Å²) in [5.74, 6) is 0.458. The number of rotatable bonds is 2. The molecular formula is C16H18ClN3OS. The van der Waals surface area contributed by atoms with Crippen LogP contribution in [0.15, 0.2) is 18.2 Å². The number of hydrogen-bond acceptors (Lipinski definition) is 4. The van der Waals surface area contributed by atoms with Crippen LogP contribution in [0.1, 0.15) is 19.3 Å². The molecule has 2 aliphatic rings. The lowest BCUT2D eigenvalue weighted by Crippen LogP contribution is -2.35. The fraction of sp³-hybridized carbons (Fsp3) is 0.500. The molecule has 22 heavy (non-hydrogen) atoms. The van der Waals surface area contributed by atoms with Gasteiger partial charge in [-0.25, -0.2) is 4.98 Å². The number of carbonyl (C=O) groups is 1. The zero-order chi connectivity index (χ0) is 15.1. The highest BCUT2D eigenvalue weighted by molar-refractivity contribution is 7.22. The maximum absolute atomic E-state index is 12.5. The second-order valence-corrected chi connectivity index (χ2v) is 7.46. The number of aromatic nitrogens is 1. The molecule has 2 fully saturated rings. The third kappa shape index (κ3) is 2.46. The second kappa shape index (κ2) is 5.70. The van der Waals surface area contributed by atoms with Crippen molar-refractivity contribution >= 4 is 44.2 Å². The van der Waals surface area contributed by atoms with Crippen LogP contribution in [0.3, 0.4) is 0 Å². The van der Waals surface area contributed by atoms with Gasteiger partial charge in [0.05, 0.1) is 15.6 Å². The summed E-state index contributed by atoms with van der Waals surface area (Å²) in [5, 5.41) is 1.68. The number of benzene rings is 1. The van der Waals surface area contributed by atoms with E-state index in [2.05, 4.69) is 9.88 Å². The van der Waals surface area contributed by atoms with Gasteiger partial charge in [0.25, 0.3) is 0 Å². The summed E-state index contributed by atoms with van der Waals surface area (Å²) >= 11 is 7.87. The highest BCUT2D eigenvalue weighted by Gasteiger charge is 2.33. The van der Waals surface area contributed by atoms with Gasteiger partial charge < -0.3 is 9.80 Å². The number of carbonyl (C=O) groups excluding carboxylic acids is 1. The van der Waals surface area contributed by atoms with Crippen molar-refractivity contribution in [3.63, 3.8) is 0 Å². The van der Waals surface area contributed by atoms with Gasteiger partial charge in [0.1, 0.15) is 5.52 Å². The Morgan fingerprint density at radius 1 is 1.27 bits per heavy atom. The molecule has 4 nitrogen and oxygen atoms in total. The van der Waals surface area contributed by atoms with Gasteiger partial charge in [-0.3, -0.25) is 4.79 Å². The fourth-order valence-corrected chi connectivity index (χ4v) is 4.67. The SMILES string of the molecule is O=C(C1CCN(c2nc3c(Cl)cccc3s2)C1)N1CCCC1. The first-order valence-electron chi connectivity index (χ1n) is 7.81. The quantitative estimate of drug-likeness (QED) is 0.844. The van der Waals surface area contributed by atoms with Gasteiger partial charge in [-0.05, 0) is 31.4 Å². The Bertz CT molecular complexity index is 710. The largest absolute Gasteiger partial charge is 0.347 e. The summed E-state index contributed by atoms with van der Waals surface area (Å²) < 4.78 is 1.11. The van der Waals surface area contributed by atoms with Crippen LogP contribution in [0.25, 0.3) is 10.2 Å². The Hall–Kier alpha value is -1.33. The molecule has 116 valence electrons. The number of anilines is 1. The fourth-order valence-electron chi connectivity index (χ4n) is 3.37. The average Bonchev–Trinajstić information content (AvgIpc) is 3.25. The Labute approximate surface area is 138 Å². The molecule has 0 radical (unpaired) electrons. The molecule has 4 rings (SSSR count). The summed E-state index contributed by atoms with van der Waals surface area (Å²) in [6, 6.07) is 5.87. The third-order valence-electron chi connectivity index (χ3n) is 4.58. The minimum atomic E-state index is 0.126. The normalized spacial score (nSPS) is 22.0. The topological polar surface area (TPSA) is 36.4 Å². The monoisotopic (exact) mass is 335 g/mol. The molecule has 0 N–H and O–H groups in total. The lowest BCUT2D eigenvalue weighted by atomic mass is 10.1. The number of amides is 1. The second-order valence-electron chi connectivity index (χ2n) is 6.05. The highest BCUT2D eigenvalue weighted by atomic mass is 35.5. The van der Waals surface area contributed by atoms with Crippen LogP contribution in [0, 0.1) is 5.92 Å². The zero-order valence-corrected chi connectivity index (χ0v) is 13.9. The zero-order valence-electron chi connectivity index (χ0n) is 12.3. The maximum Gasteiger partial charge on any atom is 0.227 e. The summed E-state index contributed by atoms with van der Waals surface area (Å²) in [7, 11) is 0. The van der Waals surface area contributed by atoms with E-state index in [4.69, 9.17) is 11.6 Å². The molecular weight excluding hydrogens is 318 g/mol. The molecule has 0 aliphatic carbocycles. The van der Waals surface area contributed by atoms with E-state index in [1.54, 1.807) is 11.3 Å². The number of nitrogens with zero attached hydrogens (tertiary/aromatic N) is 3. The molecule has 1 aromatic heterocycles. The van der Waals surface area contributed by atoms with Gasteiger partial charge in [-0.15, -0.1) is 0 Å². The molecule has 1 unspecified atom stereocenters. The predicted octanol–water partition coefficient (Wildman–Crippen LogP) is 3.40. The van der Waals surface area contributed by atoms with Gasteiger partial charge in [-0.1, -0.05) is 29.0 Å². The van der Waals surface area contributed by atoms with Crippen molar-refractivity contribution in [2.45, 2.75) is 19.3 Å². The van der Waals surface area contributed by atoms with Crippen molar-refractivity contribution in [3.8, 4) is 0 Å². The summed E-state index contributed by atoms with van der Waals surface area (Å²) in [5.41, 5.74) is 0.874.